The Balaban J connectivity index is 1.87. The summed E-state index contributed by atoms with van der Waals surface area (Å²) in [5.41, 5.74) is 1.56. The summed E-state index contributed by atoms with van der Waals surface area (Å²) in [6, 6.07) is 9.19. The minimum Gasteiger partial charge on any atom is -0.373 e. The first-order valence-electron chi connectivity index (χ1n) is 6.11. The van der Waals surface area contributed by atoms with E-state index >= 15 is 0 Å². The Kier molecular flexibility index (Phi) is 4.44. The maximum absolute atomic E-state index is 11.9. The topological polar surface area (TPSA) is 66.9 Å². The van der Waals surface area contributed by atoms with Crippen LogP contribution in [0, 0.1) is 0 Å². The lowest BCUT2D eigenvalue weighted by atomic mass is 10.2. The number of hydrogen-bond donors (Lipinski definition) is 2. The molecule has 0 aliphatic heterocycles. The Morgan fingerprint density at radius 1 is 1.21 bits per heavy atom. The summed E-state index contributed by atoms with van der Waals surface area (Å²) in [7, 11) is 1.77. The van der Waals surface area contributed by atoms with Crippen molar-refractivity contribution in [2.24, 2.45) is 0 Å². The smallest absolute Gasteiger partial charge is 0.269 e. The molecule has 2 N–H and O–H groups in total. The monoisotopic (exact) mass is 256 g/mol. The van der Waals surface area contributed by atoms with Gasteiger partial charge in [-0.2, -0.15) is 0 Å². The number of aromatic nitrogens is 2. The molecule has 0 spiro atoms. The van der Waals surface area contributed by atoms with Crippen LogP contribution in [0.25, 0.3) is 0 Å². The van der Waals surface area contributed by atoms with Crippen molar-refractivity contribution in [2.45, 2.75) is 6.42 Å². The summed E-state index contributed by atoms with van der Waals surface area (Å²) in [5, 5.41) is 5.76. The normalized spacial score (nSPS) is 9.95. The molecule has 0 aliphatic carbocycles. The SMILES string of the molecule is CNc1cccc(C(=O)NCCc2ccncc2)n1. The van der Waals surface area contributed by atoms with Crippen molar-refractivity contribution in [2.75, 3.05) is 18.9 Å². The highest BCUT2D eigenvalue weighted by Crippen LogP contribution is 2.03. The molecule has 2 aromatic heterocycles. The van der Waals surface area contributed by atoms with E-state index in [-0.39, 0.29) is 5.91 Å². The van der Waals surface area contributed by atoms with E-state index in [1.54, 1.807) is 31.6 Å². The molecule has 19 heavy (non-hydrogen) atoms. The number of carbonyl (C=O) groups is 1. The fourth-order valence-corrected chi connectivity index (χ4v) is 1.66. The van der Waals surface area contributed by atoms with Gasteiger partial charge in [-0.25, -0.2) is 4.98 Å². The number of nitrogens with zero attached hydrogens (tertiary/aromatic N) is 2. The Labute approximate surface area is 112 Å². The van der Waals surface area contributed by atoms with Crippen LogP contribution in [0.5, 0.6) is 0 Å². The van der Waals surface area contributed by atoms with Crippen LogP contribution >= 0.6 is 0 Å². The van der Waals surface area contributed by atoms with Crippen LogP contribution in [-0.2, 0) is 6.42 Å². The predicted molar refractivity (Wildman–Crippen MR) is 74.1 cm³/mol. The summed E-state index contributed by atoms with van der Waals surface area (Å²) in [6.45, 7) is 0.578. The Bertz CT molecular complexity index is 542. The second-order valence-electron chi connectivity index (χ2n) is 4.02. The zero-order chi connectivity index (χ0) is 13.5. The summed E-state index contributed by atoms with van der Waals surface area (Å²) in [4.78, 5) is 20.0. The van der Waals surface area contributed by atoms with Crippen molar-refractivity contribution in [3.8, 4) is 0 Å². The Hall–Kier alpha value is -2.43. The van der Waals surface area contributed by atoms with Gasteiger partial charge in [-0.3, -0.25) is 9.78 Å². The average Bonchev–Trinajstić information content (AvgIpc) is 2.48. The van der Waals surface area contributed by atoms with Crippen molar-refractivity contribution in [3.63, 3.8) is 0 Å². The predicted octanol–water partition coefficient (Wildman–Crippen LogP) is 1.49. The van der Waals surface area contributed by atoms with Crippen molar-refractivity contribution in [3.05, 3.63) is 54.0 Å². The third kappa shape index (κ3) is 3.77. The van der Waals surface area contributed by atoms with Crippen LogP contribution in [0.4, 0.5) is 5.82 Å². The second-order valence-corrected chi connectivity index (χ2v) is 4.02. The number of pyridine rings is 2. The molecule has 5 nitrogen and oxygen atoms in total. The van der Waals surface area contributed by atoms with Crippen molar-refractivity contribution < 1.29 is 4.79 Å². The Morgan fingerprint density at radius 3 is 2.74 bits per heavy atom. The van der Waals surface area contributed by atoms with Gasteiger partial charge in [0.25, 0.3) is 5.91 Å². The van der Waals surface area contributed by atoms with Crippen LogP contribution in [0.2, 0.25) is 0 Å². The van der Waals surface area contributed by atoms with Crippen molar-refractivity contribution >= 4 is 11.7 Å². The van der Waals surface area contributed by atoms with Crippen LogP contribution in [0.15, 0.2) is 42.7 Å². The fraction of sp³-hybridized carbons (Fsp3) is 0.214. The van der Waals surface area contributed by atoms with Gasteiger partial charge in [-0.1, -0.05) is 6.07 Å². The second kappa shape index (κ2) is 6.49. The quantitative estimate of drug-likeness (QED) is 0.850. The van der Waals surface area contributed by atoms with Gasteiger partial charge in [0.2, 0.25) is 0 Å². The van der Waals surface area contributed by atoms with Crippen LogP contribution < -0.4 is 10.6 Å². The first-order chi connectivity index (χ1) is 9.29. The fourth-order valence-electron chi connectivity index (χ4n) is 1.66. The van der Waals surface area contributed by atoms with Gasteiger partial charge in [-0.15, -0.1) is 0 Å². The van der Waals surface area contributed by atoms with Crippen molar-refractivity contribution in [1.29, 1.82) is 0 Å². The molecule has 0 radical (unpaired) electrons. The average molecular weight is 256 g/mol. The molecule has 2 rings (SSSR count). The molecule has 0 aromatic carbocycles. The largest absolute Gasteiger partial charge is 0.373 e. The van der Waals surface area contributed by atoms with E-state index in [0.717, 1.165) is 12.0 Å². The molecule has 0 saturated carbocycles. The first kappa shape index (κ1) is 13.0. The van der Waals surface area contributed by atoms with E-state index in [2.05, 4.69) is 20.6 Å². The van der Waals surface area contributed by atoms with E-state index < -0.39 is 0 Å². The number of rotatable bonds is 5. The zero-order valence-corrected chi connectivity index (χ0v) is 10.8. The number of carbonyl (C=O) groups excluding carboxylic acids is 1. The number of hydrogen-bond acceptors (Lipinski definition) is 4. The van der Waals surface area contributed by atoms with Gasteiger partial charge in [0, 0.05) is 26.0 Å². The summed E-state index contributed by atoms with van der Waals surface area (Å²) >= 11 is 0. The molecule has 98 valence electrons. The maximum Gasteiger partial charge on any atom is 0.269 e. The van der Waals surface area contributed by atoms with Crippen molar-refractivity contribution in [1.82, 2.24) is 15.3 Å². The molecule has 0 saturated heterocycles. The van der Waals surface area contributed by atoms with Gasteiger partial charge in [-0.05, 0) is 36.2 Å². The van der Waals surface area contributed by atoms with E-state index in [4.69, 9.17) is 0 Å². The van der Waals surface area contributed by atoms with Crippen LogP contribution in [-0.4, -0.2) is 29.5 Å². The van der Waals surface area contributed by atoms with E-state index in [9.17, 15) is 4.79 Å². The first-order valence-corrected chi connectivity index (χ1v) is 6.11. The molecule has 0 atom stereocenters. The standard InChI is InChI=1S/C14H16N4O/c1-15-13-4-2-3-12(18-13)14(19)17-10-7-11-5-8-16-9-6-11/h2-6,8-9H,7,10H2,1H3,(H,15,18)(H,17,19). The van der Waals surface area contributed by atoms with Gasteiger partial charge in [0.15, 0.2) is 0 Å². The van der Waals surface area contributed by atoms with Gasteiger partial charge in [0.05, 0.1) is 0 Å². The minimum atomic E-state index is -0.161. The van der Waals surface area contributed by atoms with E-state index in [1.807, 2.05) is 18.2 Å². The molecular weight excluding hydrogens is 240 g/mol. The molecular formula is C14H16N4O. The summed E-state index contributed by atoms with van der Waals surface area (Å²) in [5.74, 6) is 0.521. The molecule has 0 bridgehead atoms. The third-order valence-electron chi connectivity index (χ3n) is 2.69. The lowest BCUT2D eigenvalue weighted by Gasteiger charge is -2.06. The number of amides is 1. The number of anilines is 1. The number of nitrogens with one attached hydrogen (secondary N) is 2. The van der Waals surface area contributed by atoms with E-state index in [1.165, 1.54) is 0 Å². The molecule has 0 fully saturated rings. The zero-order valence-electron chi connectivity index (χ0n) is 10.8. The molecule has 2 aromatic rings. The lowest BCUT2D eigenvalue weighted by molar-refractivity contribution is 0.0949. The molecule has 0 unspecified atom stereocenters. The highest BCUT2D eigenvalue weighted by Gasteiger charge is 2.06. The summed E-state index contributed by atoms with van der Waals surface area (Å²) < 4.78 is 0. The lowest BCUT2D eigenvalue weighted by Crippen LogP contribution is -2.26. The molecule has 1 amide bonds. The van der Waals surface area contributed by atoms with Gasteiger partial charge in [0.1, 0.15) is 11.5 Å². The molecule has 2 heterocycles. The van der Waals surface area contributed by atoms with Gasteiger partial charge < -0.3 is 10.6 Å². The highest BCUT2D eigenvalue weighted by molar-refractivity contribution is 5.92. The minimum absolute atomic E-state index is 0.161. The third-order valence-corrected chi connectivity index (χ3v) is 2.69. The maximum atomic E-state index is 11.9. The molecule has 5 heteroatoms. The van der Waals surface area contributed by atoms with E-state index in [0.29, 0.717) is 18.1 Å². The van der Waals surface area contributed by atoms with Gasteiger partial charge >= 0.3 is 0 Å². The summed E-state index contributed by atoms with van der Waals surface area (Å²) in [6.07, 6.45) is 4.27. The van der Waals surface area contributed by atoms with Crippen LogP contribution in [0.3, 0.4) is 0 Å². The molecule has 0 aliphatic rings. The highest BCUT2D eigenvalue weighted by atomic mass is 16.1. The Morgan fingerprint density at radius 2 is 2.00 bits per heavy atom. The van der Waals surface area contributed by atoms with Crippen LogP contribution in [0.1, 0.15) is 16.1 Å².